The van der Waals surface area contributed by atoms with Crippen LogP contribution in [0, 0.1) is 18.8 Å². The standard InChI is InChI=1S/C18H30N2/c1-5-19-18(17-8-6-7-14(2)11-17)13-20-10-9-15(3)16(4)12-20/h6-8,11,15-16,18-19H,5,9-10,12-13H2,1-4H3. The number of hydrogen-bond acceptors (Lipinski definition) is 2. The molecular formula is C18H30N2. The summed E-state index contributed by atoms with van der Waals surface area (Å²) in [6, 6.07) is 9.40. The summed E-state index contributed by atoms with van der Waals surface area (Å²) in [6.45, 7) is 13.8. The Hall–Kier alpha value is -0.860. The predicted molar refractivity (Wildman–Crippen MR) is 87.0 cm³/mol. The second-order valence-corrected chi connectivity index (χ2v) is 6.53. The summed E-state index contributed by atoms with van der Waals surface area (Å²) in [6.07, 6.45) is 1.34. The number of nitrogens with zero attached hydrogens (tertiary/aromatic N) is 1. The van der Waals surface area contributed by atoms with Gasteiger partial charge in [0.25, 0.3) is 0 Å². The average Bonchev–Trinajstić information content (AvgIpc) is 2.42. The van der Waals surface area contributed by atoms with Gasteiger partial charge in [-0.05, 0) is 43.8 Å². The number of hydrogen-bond donors (Lipinski definition) is 1. The van der Waals surface area contributed by atoms with Gasteiger partial charge in [-0.1, -0.05) is 50.6 Å². The highest BCUT2D eigenvalue weighted by molar-refractivity contribution is 5.25. The number of aryl methyl sites for hydroxylation is 1. The molecule has 1 heterocycles. The van der Waals surface area contributed by atoms with Crippen molar-refractivity contribution in [3.05, 3.63) is 35.4 Å². The highest BCUT2D eigenvalue weighted by atomic mass is 15.2. The zero-order valence-electron chi connectivity index (χ0n) is 13.5. The largest absolute Gasteiger partial charge is 0.309 e. The molecule has 0 amide bonds. The van der Waals surface area contributed by atoms with E-state index in [-0.39, 0.29) is 0 Å². The highest BCUT2D eigenvalue weighted by Gasteiger charge is 2.24. The lowest BCUT2D eigenvalue weighted by Gasteiger charge is -2.37. The molecule has 1 saturated heterocycles. The number of benzene rings is 1. The van der Waals surface area contributed by atoms with Crippen LogP contribution >= 0.6 is 0 Å². The Morgan fingerprint density at radius 1 is 1.30 bits per heavy atom. The maximum atomic E-state index is 3.66. The van der Waals surface area contributed by atoms with Gasteiger partial charge in [-0.25, -0.2) is 0 Å². The molecule has 2 heteroatoms. The normalized spacial score (nSPS) is 25.6. The molecule has 0 aliphatic carbocycles. The van der Waals surface area contributed by atoms with Crippen LogP contribution in [-0.2, 0) is 0 Å². The highest BCUT2D eigenvalue weighted by Crippen LogP contribution is 2.24. The molecule has 3 unspecified atom stereocenters. The van der Waals surface area contributed by atoms with Crippen molar-refractivity contribution in [2.24, 2.45) is 11.8 Å². The van der Waals surface area contributed by atoms with Gasteiger partial charge in [-0.3, -0.25) is 0 Å². The van der Waals surface area contributed by atoms with Gasteiger partial charge in [0, 0.05) is 19.1 Å². The molecule has 2 nitrogen and oxygen atoms in total. The van der Waals surface area contributed by atoms with Crippen molar-refractivity contribution in [1.82, 2.24) is 10.2 Å². The van der Waals surface area contributed by atoms with Crippen LogP contribution in [0.25, 0.3) is 0 Å². The third kappa shape index (κ3) is 4.07. The van der Waals surface area contributed by atoms with Gasteiger partial charge < -0.3 is 10.2 Å². The number of likely N-dealkylation sites (N-methyl/N-ethyl adjacent to an activating group) is 1. The SMILES string of the molecule is CCNC(CN1CCC(C)C(C)C1)c1cccc(C)c1. The second-order valence-electron chi connectivity index (χ2n) is 6.53. The second kappa shape index (κ2) is 7.24. The minimum absolute atomic E-state index is 0.459. The van der Waals surface area contributed by atoms with Crippen LogP contribution in [0.15, 0.2) is 24.3 Å². The van der Waals surface area contributed by atoms with Crippen LogP contribution in [0.3, 0.4) is 0 Å². The maximum Gasteiger partial charge on any atom is 0.0449 e. The third-order valence-electron chi connectivity index (χ3n) is 4.75. The van der Waals surface area contributed by atoms with Gasteiger partial charge in [-0.2, -0.15) is 0 Å². The van der Waals surface area contributed by atoms with E-state index in [1.165, 1.54) is 30.6 Å². The van der Waals surface area contributed by atoms with Crippen LogP contribution in [-0.4, -0.2) is 31.1 Å². The van der Waals surface area contributed by atoms with Crippen molar-refractivity contribution in [3.63, 3.8) is 0 Å². The Bertz CT molecular complexity index is 416. The van der Waals surface area contributed by atoms with E-state index in [9.17, 15) is 0 Å². The molecule has 0 spiro atoms. The molecular weight excluding hydrogens is 244 g/mol. The van der Waals surface area contributed by atoms with Gasteiger partial charge in [0.2, 0.25) is 0 Å². The fourth-order valence-electron chi connectivity index (χ4n) is 3.19. The lowest BCUT2D eigenvalue weighted by atomic mass is 9.88. The van der Waals surface area contributed by atoms with E-state index in [0.29, 0.717) is 6.04 Å². The number of likely N-dealkylation sites (tertiary alicyclic amines) is 1. The first-order chi connectivity index (χ1) is 9.60. The summed E-state index contributed by atoms with van der Waals surface area (Å²) in [4.78, 5) is 2.64. The van der Waals surface area contributed by atoms with Crippen LogP contribution in [0.1, 0.15) is 44.4 Å². The van der Waals surface area contributed by atoms with E-state index in [2.05, 4.69) is 62.2 Å². The Morgan fingerprint density at radius 3 is 2.75 bits per heavy atom. The Labute approximate surface area is 124 Å². The molecule has 20 heavy (non-hydrogen) atoms. The first-order valence-corrected chi connectivity index (χ1v) is 8.12. The molecule has 3 atom stereocenters. The lowest BCUT2D eigenvalue weighted by molar-refractivity contribution is 0.127. The molecule has 112 valence electrons. The molecule has 2 rings (SSSR count). The first-order valence-electron chi connectivity index (χ1n) is 8.12. The zero-order chi connectivity index (χ0) is 14.5. The summed E-state index contributed by atoms with van der Waals surface area (Å²) < 4.78 is 0. The summed E-state index contributed by atoms with van der Waals surface area (Å²) in [7, 11) is 0. The number of piperidine rings is 1. The van der Waals surface area contributed by atoms with Gasteiger partial charge in [0.15, 0.2) is 0 Å². The fraction of sp³-hybridized carbons (Fsp3) is 0.667. The van der Waals surface area contributed by atoms with Crippen LogP contribution < -0.4 is 5.32 Å². The van der Waals surface area contributed by atoms with Crippen molar-refractivity contribution < 1.29 is 0 Å². The smallest absolute Gasteiger partial charge is 0.0449 e. The van der Waals surface area contributed by atoms with E-state index in [4.69, 9.17) is 0 Å². The third-order valence-corrected chi connectivity index (χ3v) is 4.75. The molecule has 1 fully saturated rings. The van der Waals surface area contributed by atoms with E-state index >= 15 is 0 Å². The van der Waals surface area contributed by atoms with Crippen molar-refractivity contribution in [3.8, 4) is 0 Å². The van der Waals surface area contributed by atoms with E-state index in [0.717, 1.165) is 24.9 Å². The fourth-order valence-corrected chi connectivity index (χ4v) is 3.19. The number of rotatable bonds is 5. The predicted octanol–water partition coefficient (Wildman–Crippen LogP) is 3.62. The summed E-state index contributed by atoms with van der Waals surface area (Å²) in [5.41, 5.74) is 2.78. The molecule has 0 radical (unpaired) electrons. The molecule has 1 aliphatic heterocycles. The monoisotopic (exact) mass is 274 g/mol. The molecule has 1 aromatic rings. The van der Waals surface area contributed by atoms with Crippen LogP contribution in [0.4, 0.5) is 0 Å². The lowest BCUT2D eigenvalue weighted by Crippen LogP contribution is -2.43. The van der Waals surface area contributed by atoms with Gasteiger partial charge in [0.1, 0.15) is 0 Å². The summed E-state index contributed by atoms with van der Waals surface area (Å²) in [5.74, 6) is 1.70. The first kappa shape index (κ1) is 15.5. The zero-order valence-corrected chi connectivity index (χ0v) is 13.5. The summed E-state index contributed by atoms with van der Waals surface area (Å²) in [5, 5.41) is 3.66. The van der Waals surface area contributed by atoms with Gasteiger partial charge >= 0.3 is 0 Å². The topological polar surface area (TPSA) is 15.3 Å². The molecule has 1 aromatic carbocycles. The Morgan fingerprint density at radius 2 is 2.10 bits per heavy atom. The van der Waals surface area contributed by atoms with E-state index < -0.39 is 0 Å². The minimum Gasteiger partial charge on any atom is -0.309 e. The molecule has 0 bridgehead atoms. The van der Waals surface area contributed by atoms with Crippen LogP contribution in [0.5, 0.6) is 0 Å². The molecule has 0 saturated carbocycles. The van der Waals surface area contributed by atoms with Crippen LogP contribution in [0.2, 0.25) is 0 Å². The van der Waals surface area contributed by atoms with E-state index in [1.807, 2.05) is 0 Å². The van der Waals surface area contributed by atoms with Gasteiger partial charge in [0.05, 0.1) is 0 Å². The molecule has 1 N–H and O–H groups in total. The number of nitrogens with one attached hydrogen (secondary N) is 1. The molecule has 0 aromatic heterocycles. The van der Waals surface area contributed by atoms with Crippen molar-refractivity contribution >= 4 is 0 Å². The van der Waals surface area contributed by atoms with Crippen molar-refractivity contribution in [2.45, 2.75) is 40.2 Å². The Balaban J connectivity index is 2.02. The van der Waals surface area contributed by atoms with Crippen molar-refractivity contribution in [2.75, 3.05) is 26.2 Å². The Kier molecular flexibility index (Phi) is 5.62. The maximum absolute atomic E-state index is 3.66. The summed E-state index contributed by atoms with van der Waals surface area (Å²) >= 11 is 0. The molecule has 1 aliphatic rings. The van der Waals surface area contributed by atoms with E-state index in [1.54, 1.807) is 0 Å². The quantitative estimate of drug-likeness (QED) is 0.882. The van der Waals surface area contributed by atoms with Crippen molar-refractivity contribution in [1.29, 1.82) is 0 Å². The van der Waals surface area contributed by atoms with Gasteiger partial charge in [-0.15, -0.1) is 0 Å². The average molecular weight is 274 g/mol. The minimum atomic E-state index is 0.459.